The van der Waals surface area contributed by atoms with Crippen molar-refractivity contribution in [3.8, 4) is 0 Å². The molecule has 0 aromatic carbocycles. The summed E-state index contributed by atoms with van der Waals surface area (Å²) in [5.74, 6) is 0.570. The molecule has 1 heterocycles. The zero-order chi connectivity index (χ0) is 9.26. The van der Waals surface area contributed by atoms with Crippen LogP contribution in [0.1, 0.15) is 31.1 Å². The van der Waals surface area contributed by atoms with Crippen molar-refractivity contribution in [3.05, 3.63) is 18.4 Å². The molecule has 0 saturated heterocycles. The molecule has 0 amide bonds. The summed E-state index contributed by atoms with van der Waals surface area (Å²) in [6.07, 6.45) is 3.95. The van der Waals surface area contributed by atoms with Crippen LogP contribution in [0.3, 0.4) is 0 Å². The predicted molar refractivity (Wildman–Crippen MR) is 44.1 cm³/mol. The largest absolute Gasteiger partial charge is 0.449 e. The fraction of sp³-hybridized carbons (Fsp3) is 0.556. The standard InChI is InChI=1S/C9H11NO3/c11-7-2-1-6(5-8(7)12)9-10-3-4-13-9/h3-4,6-7,11H,1-2,5H2. The maximum Gasteiger partial charge on any atom is 0.197 e. The summed E-state index contributed by atoms with van der Waals surface area (Å²) in [6.45, 7) is 0. The first kappa shape index (κ1) is 8.44. The number of carbonyl (C=O) groups excluding carboxylic acids is 1. The van der Waals surface area contributed by atoms with Gasteiger partial charge in [-0.2, -0.15) is 0 Å². The van der Waals surface area contributed by atoms with Crippen LogP contribution in [0.25, 0.3) is 0 Å². The summed E-state index contributed by atoms with van der Waals surface area (Å²) in [7, 11) is 0. The Morgan fingerprint density at radius 3 is 3.00 bits per heavy atom. The Labute approximate surface area is 75.6 Å². The van der Waals surface area contributed by atoms with Crippen LogP contribution in [-0.4, -0.2) is 22.0 Å². The Bertz CT molecular complexity index is 294. The number of oxazole rings is 1. The highest BCUT2D eigenvalue weighted by atomic mass is 16.3. The van der Waals surface area contributed by atoms with Crippen molar-refractivity contribution >= 4 is 5.78 Å². The summed E-state index contributed by atoms with van der Waals surface area (Å²) in [4.78, 5) is 15.2. The first-order valence-corrected chi connectivity index (χ1v) is 4.37. The lowest BCUT2D eigenvalue weighted by molar-refractivity contribution is -0.130. The number of hydrogen-bond acceptors (Lipinski definition) is 4. The number of aromatic nitrogens is 1. The number of nitrogens with zero attached hydrogens (tertiary/aromatic N) is 1. The molecule has 4 nitrogen and oxygen atoms in total. The van der Waals surface area contributed by atoms with E-state index in [4.69, 9.17) is 4.42 Å². The van der Waals surface area contributed by atoms with Gasteiger partial charge in [0.2, 0.25) is 0 Å². The molecule has 1 aromatic rings. The van der Waals surface area contributed by atoms with Crippen LogP contribution in [0.5, 0.6) is 0 Å². The predicted octanol–water partition coefficient (Wildman–Crippen LogP) is 0.872. The molecule has 2 unspecified atom stereocenters. The van der Waals surface area contributed by atoms with E-state index in [1.165, 1.54) is 6.26 Å². The topological polar surface area (TPSA) is 63.3 Å². The highest BCUT2D eigenvalue weighted by molar-refractivity contribution is 5.84. The van der Waals surface area contributed by atoms with Crippen molar-refractivity contribution in [2.75, 3.05) is 0 Å². The van der Waals surface area contributed by atoms with Gasteiger partial charge in [0.15, 0.2) is 11.7 Å². The third-order valence-electron chi connectivity index (χ3n) is 2.41. The Hall–Kier alpha value is -1.16. The Balaban J connectivity index is 2.08. The molecule has 1 fully saturated rings. The van der Waals surface area contributed by atoms with Gasteiger partial charge in [-0.15, -0.1) is 0 Å². The third kappa shape index (κ3) is 1.62. The number of hydrogen-bond donors (Lipinski definition) is 1. The van der Waals surface area contributed by atoms with Crippen molar-refractivity contribution in [2.24, 2.45) is 0 Å². The molecule has 4 heteroatoms. The molecular formula is C9H11NO3. The first-order valence-electron chi connectivity index (χ1n) is 4.37. The fourth-order valence-corrected chi connectivity index (χ4v) is 1.65. The molecule has 2 atom stereocenters. The third-order valence-corrected chi connectivity index (χ3v) is 2.41. The van der Waals surface area contributed by atoms with Crippen molar-refractivity contribution in [1.29, 1.82) is 0 Å². The summed E-state index contributed by atoms with van der Waals surface area (Å²) < 4.78 is 5.11. The summed E-state index contributed by atoms with van der Waals surface area (Å²) in [6, 6.07) is 0. The fourth-order valence-electron chi connectivity index (χ4n) is 1.65. The molecule has 0 radical (unpaired) electrons. The van der Waals surface area contributed by atoms with Gasteiger partial charge in [-0.05, 0) is 12.8 Å². The monoisotopic (exact) mass is 181 g/mol. The van der Waals surface area contributed by atoms with Gasteiger partial charge in [0.25, 0.3) is 0 Å². The molecule has 0 aliphatic heterocycles. The smallest absolute Gasteiger partial charge is 0.197 e. The SMILES string of the molecule is O=C1CC(c2ncco2)CCC1O. The quantitative estimate of drug-likeness (QED) is 0.698. The minimum atomic E-state index is -0.772. The molecule has 1 N–H and O–H groups in total. The van der Waals surface area contributed by atoms with E-state index in [0.717, 1.165) is 6.42 Å². The lowest BCUT2D eigenvalue weighted by atomic mass is 9.86. The van der Waals surface area contributed by atoms with Crippen LogP contribution >= 0.6 is 0 Å². The molecule has 2 rings (SSSR count). The van der Waals surface area contributed by atoms with Gasteiger partial charge < -0.3 is 9.52 Å². The normalized spacial score (nSPS) is 29.2. The second-order valence-corrected chi connectivity index (χ2v) is 3.33. The van der Waals surface area contributed by atoms with Gasteiger partial charge in [-0.1, -0.05) is 0 Å². The minimum Gasteiger partial charge on any atom is -0.449 e. The van der Waals surface area contributed by atoms with E-state index in [2.05, 4.69) is 4.98 Å². The number of aliphatic hydroxyl groups excluding tert-OH is 1. The Morgan fingerprint density at radius 1 is 1.54 bits per heavy atom. The highest BCUT2D eigenvalue weighted by Gasteiger charge is 2.29. The molecule has 1 saturated carbocycles. The highest BCUT2D eigenvalue weighted by Crippen LogP contribution is 2.29. The molecular weight excluding hydrogens is 170 g/mol. The molecule has 0 spiro atoms. The van der Waals surface area contributed by atoms with Crippen molar-refractivity contribution in [3.63, 3.8) is 0 Å². The van der Waals surface area contributed by atoms with E-state index >= 15 is 0 Å². The number of Topliss-reactive ketones (excluding diaryl/α,β-unsaturated/α-hetero) is 1. The van der Waals surface area contributed by atoms with Crippen LogP contribution in [0.15, 0.2) is 16.9 Å². The lowest BCUT2D eigenvalue weighted by Crippen LogP contribution is -2.28. The second kappa shape index (κ2) is 3.30. The van der Waals surface area contributed by atoms with Crippen molar-refractivity contribution < 1.29 is 14.3 Å². The molecule has 70 valence electrons. The van der Waals surface area contributed by atoms with E-state index in [1.807, 2.05) is 0 Å². The van der Waals surface area contributed by atoms with E-state index in [9.17, 15) is 9.90 Å². The lowest BCUT2D eigenvalue weighted by Gasteiger charge is -2.21. The zero-order valence-electron chi connectivity index (χ0n) is 7.14. The van der Waals surface area contributed by atoms with Gasteiger partial charge in [0.1, 0.15) is 12.4 Å². The zero-order valence-corrected chi connectivity index (χ0v) is 7.14. The average molecular weight is 181 g/mol. The van der Waals surface area contributed by atoms with Crippen LogP contribution in [0.4, 0.5) is 0 Å². The van der Waals surface area contributed by atoms with Gasteiger partial charge in [-0.25, -0.2) is 4.98 Å². The summed E-state index contributed by atoms with van der Waals surface area (Å²) in [5.41, 5.74) is 0. The Kier molecular flexibility index (Phi) is 2.14. The van der Waals surface area contributed by atoms with E-state index in [-0.39, 0.29) is 11.7 Å². The van der Waals surface area contributed by atoms with Crippen molar-refractivity contribution in [2.45, 2.75) is 31.3 Å². The van der Waals surface area contributed by atoms with Crippen LogP contribution in [0.2, 0.25) is 0 Å². The van der Waals surface area contributed by atoms with Gasteiger partial charge in [0.05, 0.1) is 6.20 Å². The first-order chi connectivity index (χ1) is 6.27. The molecule has 0 bridgehead atoms. The molecule has 1 aliphatic rings. The maximum absolute atomic E-state index is 11.2. The number of rotatable bonds is 1. The van der Waals surface area contributed by atoms with Gasteiger partial charge in [0, 0.05) is 12.3 Å². The van der Waals surface area contributed by atoms with Crippen LogP contribution in [0, 0.1) is 0 Å². The van der Waals surface area contributed by atoms with E-state index < -0.39 is 6.10 Å². The summed E-state index contributed by atoms with van der Waals surface area (Å²) >= 11 is 0. The van der Waals surface area contributed by atoms with Crippen LogP contribution in [-0.2, 0) is 4.79 Å². The van der Waals surface area contributed by atoms with E-state index in [0.29, 0.717) is 18.7 Å². The number of aliphatic hydroxyl groups is 1. The van der Waals surface area contributed by atoms with Crippen molar-refractivity contribution in [1.82, 2.24) is 4.98 Å². The molecule has 1 aliphatic carbocycles. The van der Waals surface area contributed by atoms with E-state index in [1.54, 1.807) is 6.20 Å². The Morgan fingerprint density at radius 2 is 2.38 bits per heavy atom. The van der Waals surface area contributed by atoms with Crippen LogP contribution < -0.4 is 0 Å². The minimum absolute atomic E-state index is 0.0610. The second-order valence-electron chi connectivity index (χ2n) is 3.33. The number of ketones is 1. The summed E-state index contributed by atoms with van der Waals surface area (Å²) in [5, 5.41) is 9.19. The van der Waals surface area contributed by atoms with Gasteiger partial charge >= 0.3 is 0 Å². The average Bonchev–Trinajstić information content (AvgIpc) is 2.62. The maximum atomic E-state index is 11.2. The number of carbonyl (C=O) groups is 1. The molecule has 1 aromatic heterocycles. The van der Waals surface area contributed by atoms with Gasteiger partial charge in [-0.3, -0.25) is 4.79 Å². The molecule has 13 heavy (non-hydrogen) atoms.